The van der Waals surface area contributed by atoms with Crippen molar-refractivity contribution in [1.29, 1.82) is 0 Å². The van der Waals surface area contributed by atoms with Crippen molar-refractivity contribution >= 4 is 5.65 Å². The molecule has 12 heavy (non-hydrogen) atoms. The van der Waals surface area contributed by atoms with Crippen molar-refractivity contribution in [2.45, 2.75) is 6.61 Å². The van der Waals surface area contributed by atoms with Gasteiger partial charge in [-0.25, -0.2) is 9.50 Å². The van der Waals surface area contributed by atoms with Gasteiger partial charge in [-0.05, 0) is 6.07 Å². The lowest BCUT2D eigenvalue weighted by Gasteiger charge is -1.89. The van der Waals surface area contributed by atoms with Crippen molar-refractivity contribution in [2.75, 3.05) is 7.11 Å². The van der Waals surface area contributed by atoms with E-state index in [1.54, 1.807) is 17.8 Å². The molecule has 4 heteroatoms. The average molecular weight is 163 g/mol. The molecule has 0 radical (unpaired) electrons. The highest BCUT2D eigenvalue weighted by Crippen LogP contribution is 2.02. The number of aromatic nitrogens is 3. The SMILES string of the molecule is COCc1cc2ncccn2n1. The summed E-state index contributed by atoms with van der Waals surface area (Å²) in [5, 5.41) is 4.23. The van der Waals surface area contributed by atoms with E-state index in [2.05, 4.69) is 10.1 Å². The van der Waals surface area contributed by atoms with E-state index < -0.39 is 0 Å². The second-order valence-corrected chi connectivity index (χ2v) is 2.49. The molecule has 0 N–H and O–H groups in total. The smallest absolute Gasteiger partial charge is 0.155 e. The number of fused-ring (bicyclic) bond motifs is 1. The Morgan fingerprint density at radius 2 is 2.50 bits per heavy atom. The molecule has 2 aromatic heterocycles. The van der Waals surface area contributed by atoms with E-state index in [4.69, 9.17) is 4.74 Å². The summed E-state index contributed by atoms with van der Waals surface area (Å²) in [5.74, 6) is 0. The van der Waals surface area contributed by atoms with Crippen LogP contribution in [0.4, 0.5) is 0 Å². The van der Waals surface area contributed by atoms with Gasteiger partial charge in [-0.3, -0.25) is 0 Å². The molecule has 0 spiro atoms. The minimum atomic E-state index is 0.531. The molecule has 0 saturated heterocycles. The average Bonchev–Trinajstić information content (AvgIpc) is 2.47. The van der Waals surface area contributed by atoms with Crippen molar-refractivity contribution in [3.63, 3.8) is 0 Å². The van der Waals surface area contributed by atoms with Crippen molar-refractivity contribution in [1.82, 2.24) is 14.6 Å². The summed E-state index contributed by atoms with van der Waals surface area (Å²) in [6, 6.07) is 3.75. The molecule has 0 fully saturated rings. The topological polar surface area (TPSA) is 39.4 Å². The summed E-state index contributed by atoms with van der Waals surface area (Å²) in [5.41, 5.74) is 1.75. The van der Waals surface area contributed by atoms with Crippen LogP contribution in [-0.2, 0) is 11.3 Å². The lowest BCUT2D eigenvalue weighted by molar-refractivity contribution is 0.181. The van der Waals surface area contributed by atoms with Crippen molar-refractivity contribution < 1.29 is 4.74 Å². The molecule has 2 heterocycles. The molecule has 0 bridgehead atoms. The maximum atomic E-state index is 4.95. The molecule has 2 aromatic rings. The van der Waals surface area contributed by atoms with Gasteiger partial charge in [0.25, 0.3) is 0 Å². The highest BCUT2D eigenvalue weighted by atomic mass is 16.5. The number of rotatable bonds is 2. The molecule has 0 saturated carbocycles. The number of hydrogen-bond donors (Lipinski definition) is 0. The molecular weight excluding hydrogens is 154 g/mol. The van der Waals surface area contributed by atoms with Gasteiger partial charge in [-0.1, -0.05) is 0 Å². The third kappa shape index (κ3) is 1.16. The molecule has 4 nitrogen and oxygen atoms in total. The molecule has 0 aromatic carbocycles. The van der Waals surface area contributed by atoms with Crippen LogP contribution in [0.3, 0.4) is 0 Å². The third-order valence-corrected chi connectivity index (χ3v) is 1.58. The first kappa shape index (κ1) is 7.24. The summed E-state index contributed by atoms with van der Waals surface area (Å²) in [7, 11) is 1.65. The molecule has 0 amide bonds. The first-order chi connectivity index (χ1) is 5.90. The normalized spacial score (nSPS) is 10.8. The predicted octanol–water partition coefficient (Wildman–Crippen LogP) is 0.876. The number of ether oxygens (including phenoxy) is 1. The molecule has 0 aliphatic rings. The number of hydrogen-bond acceptors (Lipinski definition) is 3. The van der Waals surface area contributed by atoms with Gasteiger partial charge >= 0.3 is 0 Å². The van der Waals surface area contributed by atoms with E-state index in [-0.39, 0.29) is 0 Å². The highest BCUT2D eigenvalue weighted by molar-refractivity contribution is 5.37. The molecule has 2 rings (SSSR count). The zero-order chi connectivity index (χ0) is 8.39. The second kappa shape index (κ2) is 2.91. The fraction of sp³-hybridized carbons (Fsp3) is 0.250. The van der Waals surface area contributed by atoms with E-state index >= 15 is 0 Å². The fourth-order valence-electron chi connectivity index (χ4n) is 1.10. The Balaban J connectivity index is 2.47. The summed E-state index contributed by atoms with van der Waals surface area (Å²) < 4.78 is 6.68. The van der Waals surface area contributed by atoms with Gasteiger partial charge in [-0.2, -0.15) is 5.10 Å². The number of methoxy groups -OCH3 is 1. The maximum Gasteiger partial charge on any atom is 0.155 e. The van der Waals surface area contributed by atoms with Gasteiger partial charge < -0.3 is 4.74 Å². The Hall–Kier alpha value is -1.42. The monoisotopic (exact) mass is 163 g/mol. The quantitative estimate of drug-likeness (QED) is 0.659. The lowest BCUT2D eigenvalue weighted by atomic mass is 10.4. The Morgan fingerprint density at radius 1 is 1.58 bits per heavy atom. The molecule has 0 aliphatic heterocycles. The van der Waals surface area contributed by atoms with Crippen molar-refractivity contribution in [2.24, 2.45) is 0 Å². The highest BCUT2D eigenvalue weighted by Gasteiger charge is 1.99. The lowest BCUT2D eigenvalue weighted by Crippen LogP contribution is -1.90. The Kier molecular flexibility index (Phi) is 1.75. The van der Waals surface area contributed by atoms with Crippen LogP contribution in [0.25, 0.3) is 5.65 Å². The zero-order valence-electron chi connectivity index (χ0n) is 6.77. The first-order valence-corrected chi connectivity index (χ1v) is 3.68. The van der Waals surface area contributed by atoms with Gasteiger partial charge in [0.2, 0.25) is 0 Å². The van der Waals surface area contributed by atoms with Crippen LogP contribution in [0.2, 0.25) is 0 Å². The van der Waals surface area contributed by atoms with Crippen LogP contribution in [0.5, 0.6) is 0 Å². The molecule has 0 aliphatic carbocycles. The Bertz CT molecular complexity index is 349. The predicted molar refractivity (Wildman–Crippen MR) is 43.7 cm³/mol. The van der Waals surface area contributed by atoms with Gasteiger partial charge in [0.05, 0.1) is 12.3 Å². The van der Waals surface area contributed by atoms with E-state index in [1.165, 1.54) is 0 Å². The maximum absolute atomic E-state index is 4.95. The standard InChI is InChI=1S/C8H9N3O/c1-12-6-7-5-8-9-3-2-4-11(8)10-7/h2-5H,6H2,1H3. The summed E-state index contributed by atoms with van der Waals surface area (Å²) in [4.78, 5) is 4.13. The molecule has 0 unspecified atom stereocenters. The largest absolute Gasteiger partial charge is 0.378 e. The Morgan fingerprint density at radius 3 is 3.25 bits per heavy atom. The minimum absolute atomic E-state index is 0.531. The van der Waals surface area contributed by atoms with Crippen LogP contribution in [0.1, 0.15) is 5.69 Å². The zero-order valence-corrected chi connectivity index (χ0v) is 6.77. The van der Waals surface area contributed by atoms with E-state index in [0.29, 0.717) is 6.61 Å². The van der Waals surface area contributed by atoms with Gasteiger partial charge in [0.15, 0.2) is 5.65 Å². The fourth-order valence-corrected chi connectivity index (χ4v) is 1.10. The van der Waals surface area contributed by atoms with Gasteiger partial charge in [0.1, 0.15) is 0 Å². The van der Waals surface area contributed by atoms with Crippen LogP contribution in [0.15, 0.2) is 24.5 Å². The van der Waals surface area contributed by atoms with E-state index in [1.807, 2.05) is 18.3 Å². The summed E-state index contributed by atoms with van der Waals surface area (Å²) >= 11 is 0. The Labute approximate surface area is 69.8 Å². The van der Waals surface area contributed by atoms with Crippen LogP contribution >= 0.6 is 0 Å². The van der Waals surface area contributed by atoms with Crippen molar-refractivity contribution in [3.8, 4) is 0 Å². The van der Waals surface area contributed by atoms with E-state index in [0.717, 1.165) is 11.3 Å². The first-order valence-electron chi connectivity index (χ1n) is 3.68. The summed E-state index contributed by atoms with van der Waals surface area (Å²) in [6.45, 7) is 0.531. The van der Waals surface area contributed by atoms with Gasteiger partial charge in [-0.15, -0.1) is 0 Å². The molecule has 0 atom stereocenters. The second-order valence-electron chi connectivity index (χ2n) is 2.49. The minimum Gasteiger partial charge on any atom is -0.378 e. The van der Waals surface area contributed by atoms with Crippen LogP contribution in [0, 0.1) is 0 Å². The molecule has 62 valence electrons. The van der Waals surface area contributed by atoms with Crippen molar-refractivity contribution in [3.05, 3.63) is 30.2 Å². The molecular formula is C8H9N3O. The number of nitrogens with zero attached hydrogens (tertiary/aromatic N) is 3. The van der Waals surface area contributed by atoms with E-state index in [9.17, 15) is 0 Å². The van der Waals surface area contributed by atoms with Gasteiger partial charge in [0, 0.05) is 25.6 Å². The summed E-state index contributed by atoms with van der Waals surface area (Å²) in [6.07, 6.45) is 3.61. The third-order valence-electron chi connectivity index (χ3n) is 1.58. The van der Waals surface area contributed by atoms with Crippen LogP contribution in [-0.4, -0.2) is 21.7 Å². The van der Waals surface area contributed by atoms with Crippen LogP contribution < -0.4 is 0 Å².